The summed E-state index contributed by atoms with van der Waals surface area (Å²) in [5.41, 5.74) is 2.38. The number of aromatic nitrogens is 2. The van der Waals surface area contributed by atoms with E-state index in [0.717, 1.165) is 71.1 Å². The second-order valence-corrected chi connectivity index (χ2v) is 10.6. The first-order valence-electron chi connectivity index (χ1n) is 12.7. The van der Waals surface area contributed by atoms with Gasteiger partial charge in [0.25, 0.3) is 0 Å². The van der Waals surface area contributed by atoms with Gasteiger partial charge < -0.3 is 19.0 Å². The van der Waals surface area contributed by atoms with Crippen molar-refractivity contribution in [3.8, 4) is 28.8 Å². The Morgan fingerprint density at radius 2 is 2.00 bits per heavy atom. The number of para-hydroxylation sites is 1. The molecular weight excluding hydrogens is 488 g/mol. The van der Waals surface area contributed by atoms with E-state index < -0.39 is 0 Å². The van der Waals surface area contributed by atoms with E-state index in [-0.39, 0.29) is 16.9 Å². The molecule has 37 heavy (non-hydrogen) atoms. The van der Waals surface area contributed by atoms with Gasteiger partial charge in [0.15, 0.2) is 0 Å². The van der Waals surface area contributed by atoms with Gasteiger partial charge in [0.2, 0.25) is 11.8 Å². The topological polar surface area (TPSA) is 86.7 Å². The summed E-state index contributed by atoms with van der Waals surface area (Å²) in [6, 6.07) is 16.9. The lowest BCUT2D eigenvalue weighted by Crippen LogP contribution is -2.23. The number of aryl methyl sites for hydroxylation is 2. The van der Waals surface area contributed by atoms with Crippen LogP contribution in [0.3, 0.4) is 0 Å². The molecule has 2 atom stereocenters. The lowest BCUT2D eigenvalue weighted by molar-refractivity contribution is -0.000496. The highest BCUT2D eigenvalue weighted by atomic mass is 32.1. The Hall–Kier alpha value is -3.36. The monoisotopic (exact) mass is 520 g/mol. The predicted octanol–water partition coefficient (Wildman–Crippen LogP) is 6.28. The van der Waals surface area contributed by atoms with Crippen molar-refractivity contribution < 1.29 is 19.0 Å². The van der Waals surface area contributed by atoms with Crippen LogP contribution in [0.15, 0.2) is 63.8 Å². The van der Waals surface area contributed by atoms with Crippen LogP contribution >= 0.6 is 11.3 Å². The molecule has 2 heterocycles. The van der Waals surface area contributed by atoms with Crippen molar-refractivity contribution in [1.82, 2.24) is 9.55 Å². The fraction of sp³-hybridized carbons (Fsp3) is 0.379. The van der Waals surface area contributed by atoms with E-state index in [0.29, 0.717) is 30.5 Å². The smallest absolute Gasteiger partial charge is 0.314 e. The summed E-state index contributed by atoms with van der Waals surface area (Å²) < 4.78 is 18.9. The zero-order valence-electron chi connectivity index (χ0n) is 21.2. The SMILES string of the molecule is COc1cccc(-c2nc(CO[C@H]3CCC[C@@H](CCc4sc(=O)n(-c5ccccc5)c4O)C3)c(C)o2)c1. The fourth-order valence-corrected chi connectivity index (χ4v) is 5.90. The molecule has 8 heteroatoms. The largest absolute Gasteiger partial charge is 0.497 e. The van der Waals surface area contributed by atoms with Crippen LogP contribution in [0.25, 0.3) is 17.1 Å². The third kappa shape index (κ3) is 5.81. The second kappa shape index (κ2) is 11.4. The highest BCUT2D eigenvalue weighted by molar-refractivity contribution is 7.09. The molecule has 5 rings (SSSR count). The summed E-state index contributed by atoms with van der Waals surface area (Å²) in [5.74, 6) is 2.65. The first kappa shape index (κ1) is 25.3. The summed E-state index contributed by atoms with van der Waals surface area (Å²) >= 11 is 1.14. The number of oxazole rings is 1. The molecule has 1 fully saturated rings. The van der Waals surface area contributed by atoms with Gasteiger partial charge in [-0.3, -0.25) is 4.79 Å². The molecule has 0 aliphatic heterocycles. The number of methoxy groups -OCH3 is 1. The Morgan fingerprint density at radius 1 is 1.16 bits per heavy atom. The molecule has 4 aromatic rings. The Bertz CT molecular complexity index is 1390. The minimum Gasteiger partial charge on any atom is -0.497 e. The lowest BCUT2D eigenvalue weighted by Gasteiger charge is -2.29. The number of aromatic hydroxyl groups is 1. The second-order valence-electron chi connectivity index (χ2n) is 9.54. The standard InChI is InChI=1S/C29H32N2O5S/c1-19-25(30-27(36-19)21-9-7-12-23(17-21)34-2)18-35-24-13-6-8-20(16-24)14-15-26-28(32)31(29(33)37-26)22-10-4-3-5-11-22/h3-5,7,9-12,17,20,24,32H,6,8,13-16,18H2,1-2H3/t20-,24-/m0/s1. The van der Waals surface area contributed by atoms with Gasteiger partial charge in [-0.2, -0.15) is 0 Å². The molecule has 0 saturated heterocycles. The first-order chi connectivity index (χ1) is 18.0. The van der Waals surface area contributed by atoms with Crippen molar-refractivity contribution >= 4 is 11.3 Å². The highest BCUT2D eigenvalue weighted by Gasteiger charge is 2.25. The number of hydrogen-bond acceptors (Lipinski definition) is 7. The fourth-order valence-electron chi connectivity index (χ4n) is 5.00. The van der Waals surface area contributed by atoms with Crippen LogP contribution in [-0.2, 0) is 17.8 Å². The molecule has 2 aromatic heterocycles. The summed E-state index contributed by atoms with van der Waals surface area (Å²) in [5, 5.41) is 10.7. The van der Waals surface area contributed by atoms with Crippen LogP contribution in [0, 0.1) is 12.8 Å². The average Bonchev–Trinajstić information content (AvgIpc) is 3.44. The van der Waals surface area contributed by atoms with Crippen molar-refractivity contribution in [2.75, 3.05) is 7.11 Å². The molecule has 0 unspecified atom stereocenters. The van der Waals surface area contributed by atoms with Crippen LogP contribution in [0.1, 0.15) is 48.4 Å². The highest BCUT2D eigenvalue weighted by Crippen LogP contribution is 2.33. The van der Waals surface area contributed by atoms with Gasteiger partial charge in [-0.15, -0.1) is 0 Å². The molecule has 1 aliphatic carbocycles. The Kier molecular flexibility index (Phi) is 7.76. The van der Waals surface area contributed by atoms with Crippen molar-refractivity contribution in [3.05, 3.63) is 80.6 Å². The third-order valence-electron chi connectivity index (χ3n) is 7.05. The number of benzene rings is 2. The van der Waals surface area contributed by atoms with E-state index in [4.69, 9.17) is 13.9 Å². The normalized spacial score (nSPS) is 17.7. The molecule has 0 radical (unpaired) electrons. The van der Waals surface area contributed by atoms with Crippen molar-refractivity contribution in [1.29, 1.82) is 0 Å². The maximum atomic E-state index is 12.5. The van der Waals surface area contributed by atoms with Crippen LogP contribution in [-0.4, -0.2) is 27.9 Å². The minimum absolute atomic E-state index is 0.0677. The van der Waals surface area contributed by atoms with Gasteiger partial charge in [-0.25, -0.2) is 9.55 Å². The molecule has 0 bridgehead atoms. The van der Waals surface area contributed by atoms with Crippen molar-refractivity contribution in [2.24, 2.45) is 5.92 Å². The van der Waals surface area contributed by atoms with Gasteiger partial charge in [-0.1, -0.05) is 48.4 Å². The third-order valence-corrected chi connectivity index (χ3v) is 8.04. The Morgan fingerprint density at radius 3 is 2.81 bits per heavy atom. The van der Waals surface area contributed by atoms with Crippen LogP contribution in [0.5, 0.6) is 11.6 Å². The minimum atomic E-state index is -0.153. The van der Waals surface area contributed by atoms with E-state index in [1.807, 2.05) is 61.5 Å². The molecule has 0 spiro atoms. The first-order valence-corrected chi connectivity index (χ1v) is 13.5. The summed E-state index contributed by atoms with van der Waals surface area (Å²) in [4.78, 5) is 17.8. The van der Waals surface area contributed by atoms with Gasteiger partial charge in [0.1, 0.15) is 17.2 Å². The summed E-state index contributed by atoms with van der Waals surface area (Å²) in [6.45, 7) is 2.33. The van der Waals surface area contributed by atoms with Crippen molar-refractivity contribution in [2.45, 2.75) is 58.2 Å². The number of thiazole rings is 1. The Balaban J connectivity index is 1.17. The van der Waals surface area contributed by atoms with Gasteiger partial charge in [0, 0.05) is 5.56 Å². The van der Waals surface area contributed by atoms with E-state index in [1.165, 1.54) is 4.57 Å². The number of nitrogens with zero attached hydrogens (tertiary/aromatic N) is 2. The molecule has 194 valence electrons. The Labute approximate surface area is 220 Å². The molecule has 1 N–H and O–H groups in total. The molecule has 0 amide bonds. The summed E-state index contributed by atoms with van der Waals surface area (Å²) in [6.07, 6.45) is 6.01. The van der Waals surface area contributed by atoms with Gasteiger partial charge >= 0.3 is 4.87 Å². The number of ether oxygens (including phenoxy) is 2. The lowest BCUT2D eigenvalue weighted by atomic mass is 9.84. The molecule has 2 aromatic carbocycles. The van der Waals surface area contributed by atoms with Gasteiger partial charge in [0.05, 0.1) is 30.4 Å². The zero-order chi connectivity index (χ0) is 25.8. The molecule has 1 aliphatic rings. The van der Waals surface area contributed by atoms with Crippen LogP contribution < -0.4 is 9.61 Å². The average molecular weight is 521 g/mol. The van der Waals surface area contributed by atoms with Crippen LogP contribution in [0.2, 0.25) is 0 Å². The molecule has 1 saturated carbocycles. The predicted molar refractivity (Wildman–Crippen MR) is 144 cm³/mol. The molecular formula is C29H32N2O5S. The number of hydrogen-bond donors (Lipinski definition) is 1. The molecule has 7 nitrogen and oxygen atoms in total. The quantitative estimate of drug-likeness (QED) is 0.279. The van der Waals surface area contributed by atoms with E-state index in [9.17, 15) is 9.90 Å². The maximum absolute atomic E-state index is 12.5. The van der Waals surface area contributed by atoms with E-state index >= 15 is 0 Å². The zero-order valence-corrected chi connectivity index (χ0v) is 22.0. The maximum Gasteiger partial charge on any atom is 0.314 e. The van der Waals surface area contributed by atoms with Gasteiger partial charge in [-0.05, 0) is 68.9 Å². The van der Waals surface area contributed by atoms with E-state index in [2.05, 4.69) is 4.98 Å². The number of rotatable bonds is 9. The van der Waals surface area contributed by atoms with Crippen molar-refractivity contribution in [3.63, 3.8) is 0 Å². The van der Waals surface area contributed by atoms with Crippen LogP contribution in [0.4, 0.5) is 0 Å². The summed E-state index contributed by atoms with van der Waals surface area (Å²) in [7, 11) is 1.64. The van der Waals surface area contributed by atoms with E-state index in [1.54, 1.807) is 7.11 Å².